The smallest absolute Gasteiger partial charge is 0.261 e. The zero-order valence-electron chi connectivity index (χ0n) is 7.47. The van der Waals surface area contributed by atoms with Crippen molar-refractivity contribution in [3.8, 4) is 0 Å². The molecule has 0 unspecified atom stereocenters. The first kappa shape index (κ1) is 10.5. The predicted molar refractivity (Wildman–Crippen MR) is 56.6 cm³/mol. The number of unbranched alkanes of at least 4 members (excludes halogenated alkanes) is 1. The van der Waals surface area contributed by atoms with Crippen LogP contribution in [0.4, 0.5) is 0 Å². The molecule has 0 aromatic carbocycles. The topological polar surface area (TPSA) is 29.1 Å². The van der Waals surface area contributed by atoms with Crippen LogP contribution in [0.25, 0.3) is 0 Å². The standard InChI is InChI=1S/C9H12ClNOS/c1-2-3-4-11-9(12)8-5-7(10)6-13-8/h5-6H,2-4H2,1H3,(H,11,12). The lowest BCUT2D eigenvalue weighted by molar-refractivity contribution is 0.0957. The van der Waals surface area contributed by atoms with Gasteiger partial charge in [0.2, 0.25) is 0 Å². The highest BCUT2D eigenvalue weighted by molar-refractivity contribution is 7.12. The molecule has 0 aliphatic rings. The van der Waals surface area contributed by atoms with Gasteiger partial charge in [-0.3, -0.25) is 4.79 Å². The van der Waals surface area contributed by atoms with Crippen LogP contribution in [-0.4, -0.2) is 12.5 Å². The van der Waals surface area contributed by atoms with Gasteiger partial charge in [-0.15, -0.1) is 11.3 Å². The van der Waals surface area contributed by atoms with Crippen molar-refractivity contribution in [3.63, 3.8) is 0 Å². The summed E-state index contributed by atoms with van der Waals surface area (Å²) in [6.45, 7) is 2.83. The number of hydrogen-bond donors (Lipinski definition) is 1. The van der Waals surface area contributed by atoms with E-state index >= 15 is 0 Å². The lowest BCUT2D eigenvalue weighted by Crippen LogP contribution is -2.23. The number of nitrogens with one attached hydrogen (secondary N) is 1. The summed E-state index contributed by atoms with van der Waals surface area (Å²) in [5, 5.41) is 5.22. The van der Waals surface area contributed by atoms with Crippen molar-refractivity contribution in [2.75, 3.05) is 6.54 Å². The Morgan fingerprint density at radius 3 is 3.00 bits per heavy atom. The largest absolute Gasteiger partial charge is 0.351 e. The molecule has 1 rings (SSSR count). The first-order valence-corrected chi connectivity index (χ1v) is 5.52. The zero-order valence-corrected chi connectivity index (χ0v) is 9.04. The molecule has 1 aromatic heterocycles. The van der Waals surface area contributed by atoms with E-state index in [0.717, 1.165) is 19.4 Å². The molecule has 0 radical (unpaired) electrons. The van der Waals surface area contributed by atoms with Gasteiger partial charge in [0.1, 0.15) is 0 Å². The molecule has 0 bridgehead atoms. The fraction of sp³-hybridized carbons (Fsp3) is 0.444. The van der Waals surface area contributed by atoms with Gasteiger partial charge in [0.25, 0.3) is 5.91 Å². The molecule has 72 valence electrons. The minimum Gasteiger partial charge on any atom is -0.351 e. The highest BCUT2D eigenvalue weighted by Crippen LogP contribution is 2.18. The fourth-order valence-electron chi connectivity index (χ4n) is 0.898. The minimum atomic E-state index is -0.0228. The SMILES string of the molecule is CCCCNC(=O)c1cc(Cl)cs1. The summed E-state index contributed by atoms with van der Waals surface area (Å²) in [6.07, 6.45) is 2.11. The van der Waals surface area contributed by atoms with Gasteiger partial charge in [0, 0.05) is 11.9 Å². The molecule has 4 heteroatoms. The van der Waals surface area contributed by atoms with Crippen molar-refractivity contribution in [3.05, 3.63) is 21.3 Å². The Morgan fingerprint density at radius 1 is 1.69 bits per heavy atom. The molecule has 0 saturated heterocycles. The van der Waals surface area contributed by atoms with Gasteiger partial charge in [0.15, 0.2) is 0 Å². The lowest BCUT2D eigenvalue weighted by Gasteiger charge is -2.00. The Hall–Kier alpha value is -0.540. The predicted octanol–water partition coefficient (Wildman–Crippen LogP) is 2.93. The maximum atomic E-state index is 11.4. The van der Waals surface area contributed by atoms with Crippen LogP contribution in [0.15, 0.2) is 11.4 Å². The molecular formula is C9H12ClNOS. The van der Waals surface area contributed by atoms with Crippen molar-refractivity contribution in [1.29, 1.82) is 0 Å². The van der Waals surface area contributed by atoms with Gasteiger partial charge < -0.3 is 5.32 Å². The summed E-state index contributed by atoms with van der Waals surface area (Å²) in [6, 6.07) is 1.69. The normalized spacial score (nSPS) is 10.0. The third-order valence-corrected chi connectivity index (χ3v) is 2.88. The minimum absolute atomic E-state index is 0.0228. The van der Waals surface area contributed by atoms with Crippen LogP contribution in [0.3, 0.4) is 0 Å². The van der Waals surface area contributed by atoms with Gasteiger partial charge in [-0.05, 0) is 12.5 Å². The van der Waals surface area contributed by atoms with Crippen LogP contribution < -0.4 is 5.32 Å². The van der Waals surface area contributed by atoms with E-state index in [9.17, 15) is 4.79 Å². The summed E-state index contributed by atoms with van der Waals surface area (Å²) in [5.41, 5.74) is 0. The van der Waals surface area contributed by atoms with Crippen LogP contribution in [-0.2, 0) is 0 Å². The fourth-order valence-corrected chi connectivity index (χ4v) is 1.89. The molecule has 1 N–H and O–H groups in total. The van der Waals surface area contributed by atoms with Crippen molar-refractivity contribution < 1.29 is 4.79 Å². The van der Waals surface area contributed by atoms with Gasteiger partial charge in [-0.2, -0.15) is 0 Å². The molecular weight excluding hydrogens is 206 g/mol. The molecule has 1 amide bonds. The summed E-state index contributed by atoms with van der Waals surface area (Å²) in [4.78, 5) is 12.1. The van der Waals surface area contributed by atoms with Crippen molar-refractivity contribution in [1.82, 2.24) is 5.32 Å². The second-order valence-electron chi connectivity index (χ2n) is 2.74. The van der Waals surface area contributed by atoms with Crippen LogP contribution in [0, 0.1) is 0 Å². The monoisotopic (exact) mass is 217 g/mol. The molecule has 0 spiro atoms. The number of carbonyl (C=O) groups excluding carboxylic acids is 1. The molecule has 0 saturated carbocycles. The summed E-state index contributed by atoms with van der Waals surface area (Å²) < 4.78 is 0. The van der Waals surface area contributed by atoms with E-state index in [1.807, 2.05) is 0 Å². The zero-order chi connectivity index (χ0) is 9.68. The first-order chi connectivity index (χ1) is 6.24. The van der Waals surface area contributed by atoms with Crippen LogP contribution in [0.5, 0.6) is 0 Å². The number of rotatable bonds is 4. The van der Waals surface area contributed by atoms with E-state index in [1.165, 1.54) is 11.3 Å². The van der Waals surface area contributed by atoms with E-state index in [4.69, 9.17) is 11.6 Å². The number of thiophene rings is 1. The van der Waals surface area contributed by atoms with E-state index in [0.29, 0.717) is 9.90 Å². The first-order valence-electron chi connectivity index (χ1n) is 4.26. The average Bonchev–Trinajstić information content (AvgIpc) is 2.52. The second kappa shape index (κ2) is 5.25. The quantitative estimate of drug-likeness (QED) is 0.772. The van der Waals surface area contributed by atoms with Crippen molar-refractivity contribution >= 4 is 28.8 Å². The van der Waals surface area contributed by atoms with Crippen LogP contribution in [0.1, 0.15) is 29.4 Å². The van der Waals surface area contributed by atoms with Gasteiger partial charge in [0.05, 0.1) is 9.90 Å². The number of hydrogen-bond acceptors (Lipinski definition) is 2. The Kier molecular flexibility index (Phi) is 4.25. The maximum Gasteiger partial charge on any atom is 0.261 e. The third kappa shape index (κ3) is 3.36. The van der Waals surface area contributed by atoms with Crippen LogP contribution in [0.2, 0.25) is 5.02 Å². The number of amides is 1. The Bertz CT molecular complexity index is 285. The molecule has 13 heavy (non-hydrogen) atoms. The Labute approximate surface area is 86.9 Å². The average molecular weight is 218 g/mol. The number of halogens is 1. The third-order valence-electron chi connectivity index (χ3n) is 1.61. The van der Waals surface area contributed by atoms with E-state index in [1.54, 1.807) is 11.4 Å². The summed E-state index contributed by atoms with van der Waals surface area (Å²) in [7, 11) is 0. The number of carbonyl (C=O) groups is 1. The highest BCUT2D eigenvalue weighted by Gasteiger charge is 2.06. The molecule has 1 aromatic rings. The van der Waals surface area contributed by atoms with Gasteiger partial charge >= 0.3 is 0 Å². The van der Waals surface area contributed by atoms with Gasteiger partial charge in [-0.25, -0.2) is 0 Å². The highest BCUT2D eigenvalue weighted by atomic mass is 35.5. The maximum absolute atomic E-state index is 11.4. The van der Waals surface area contributed by atoms with E-state index in [2.05, 4.69) is 12.2 Å². The molecule has 0 fully saturated rings. The molecule has 0 aliphatic carbocycles. The van der Waals surface area contributed by atoms with Crippen molar-refractivity contribution in [2.45, 2.75) is 19.8 Å². The summed E-state index contributed by atoms with van der Waals surface area (Å²) >= 11 is 7.07. The van der Waals surface area contributed by atoms with Crippen LogP contribution >= 0.6 is 22.9 Å². The molecule has 1 heterocycles. The lowest BCUT2D eigenvalue weighted by atomic mass is 10.3. The Balaban J connectivity index is 2.40. The van der Waals surface area contributed by atoms with Gasteiger partial charge in [-0.1, -0.05) is 24.9 Å². The Morgan fingerprint density at radius 2 is 2.46 bits per heavy atom. The molecule has 0 aliphatic heterocycles. The van der Waals surface area contributed by atoms with E-state index in [-0.39, 0.29) is 5.91 Å². The second-order valence-corrected chi connectivity index (χ2v) is 4.09. The molecule has 0 atom stereocenters. The van der Waals surface area contributed by atoms with Crippen molar-refractivity contribution in [2.24, 2.45) is 0 Å². The molecule has 2 nitrogen and oxygen atoms in total. The summed E-state index contributed by atoms with van der Waals surface area (Å²) in [5.74, 6) is -0.0228. The van der Waals surface area contributed by atoms with E-state index < -0.39 is 0 Å².